The third kappa shape index (κ3) is 2.79. The van der Waals surface area contributed by atoms with Crippen molar-refractivity contribution < 1.29 is 9.84 Å². The van der Waals surface area contributed by atoms with Gasteiger partial charge in [0, 0.05) is 34.6 Å². The van der Waals surface area contributed by atoms with Crippen molar-refractivity contribution in [2.75, 3.05) is 7.11 Å². The van der Waals surface area contributed by atoms with Crippen LogP contribution in [0.1, 0.15) is 37.8 Å². The summed E-state index contributed by atoms with van der Waals surface area (Å²) < 4.78 is 5.21. The van der Waals surface area contributed by atoms with Gasteiger partial charge in [0.15, 0.2) is 0 Å². The number of para-hydroxylation sites is 1. The van der Waals surface area contributed by atoms with Crippen LogP contribution in [-0.2, 0) is 0 Å². The fourth-order valence-corrected chi connectivity index (χ4v) is 3.33. The van der Waals surface area contributed by atoms with Gasteiger partial charge in [0.1, 0.15) is 11.5 Å². The number of phenolic OH excluding ortho intramolecular Hbond substituents is 1. The van der Waals surface area contributed by atoms with Crippen LogP contribution in [0.15, 0.2) is 48.7 Å². The van der Waals surface area contributed by atoms with E-state index in [1.54, 1.807) is 13.2 Å². The van der Waals surface area contributed by atoms with Crippen LogP contribution in [0.4, 0.5) is 0 Å². The topological polar surface area (TPSA) is 45.2 Å². The van der Waals surface area contributed by atoms with Gasteiger partial charge in [-0.1, -0.05) is 45.0 Å². The SMILES string of the molecule is COc1ccc([C@H](c2c[nH]c3ccccc23)C(C)(C)C)c(O)c1. The van der Waals surface area contributed by atoms with E-state index in [0.29, 0.717) is 5.75 Å². The molecule has 0 fully saturated rings. The van der Waals surface area contributed by atoms with E-state index in [-0.39, 0.29) is 17.1 Å². The predicted molar refractivity (Wildman–Crippen MR) is 94.3 cm³/mol. The Labute approximate surface area is 136 Å². The first-order valence-electron chi connectivity index (χ1n) is 7.84. The Kier molecular flexibility index (Phi) is 3.80. The van der Waals surface area contributed by atoms with Crippen molar-refractivity contribution in [1.82, 2.24) is 4.98 Å². The van der Waals surface area contributed by atoms with Crippen molar-refractivity contribution in [3.63, 3.8) is 0 Å². The zero-order chi connectivity index (χ0) is 16.6. The maximum atomic E-state index is 10.5. The Morgan fingerprint density at radius 3 is 2.43 bits per heavy atom. The van der Waals surface area contributed by atoms with Crippen LogP contribution < -0.4 is 4.74 Å². The number of fused-ring (bicyclic) bond motifs is 1. The molecule has 0 unspecified atom stereocenters. The summed E-state index contributed by atoms with van der Waals surface area (Å²) in [6, 6.07) is 13.8. The van der Waals surface area contributed by atoms with Gasteiger partial charge in [0.05, 0.1) is 7.11 Å². The zero-order valence-corrected chi connectivity index (χ0v) is 14.1. The summed E-state index contributed by atoms with van der Waals surface area (Å²) in [5.41, 5.74) is 3.19. The molecule has 0 spiro atoms. The predicted octanol–water partition coefficient (Wildman–Crippen LogP) is 5.06. The molecule has 2 N–H and O–H groups in total. The van der Waals surface area contributed by atoms with Crippen molar-refractivity contribution in [2.24, 2.45) is 5.41 Å². The Bertz CT molecular complexity index is 827. The average molecular weight is 309 g/mol. The standard InChI is InChI=1S/C20H23NO2/c1-20(2,3)19(15-10-9-13(23-4)11-18(15)22)16-12-21-17-8-6-5-7-14(16)17/h5-12,19,21-22H,1-4H3/t19-/m1/s1. The quantitative estimate of drug-likeness (QED) is 0.710. The van der Waals surface area contributed by atoms with Gasteiger partial charge in [-0.3, -0.25) is 0 Å². The number of ether oxygens (including phenoxy) is 1. The monoisotopic (exact) mass is 309 g/mol. The summed E-state index contributed by atoms with van der Waals surface area (Å²) in [5, 5.41) is 11.7. The third-order valence-corrected chi connectivity index (χ3v) is 4.35. The number of aromatic nitrogens is 1. The minimum Gasteiger partial charge on any atom is -0.508 e. The van der Waals surface area contributed by atoms with Crippen LogP contribution in [-0.4, -0.2) is 17.2 Å². The van der Waals surface area contributed by atoms with Crippen LogP contribution in [0.2, 0.25) is 0 Å². The molecule has 1 aromatic heterocycles. The molecule has 0 radical (unpaired) electrons. The third-order valence-electron chi connectivity index (χ3n) is 4.35. The fraction of sp³-hybridized carbons (Fsp3) is 0.300. The lowest BCUT2D eigenvalue weighted by Crippen LogP contribution is -2.19. The highest BCUT2D eigenvalue weighted by molar-refractivity contribution is 5.84. The molecule has 0 amide bonds. The first-order chi connectivity index (χ1) is 10.9. The largest absolute Gasteiger partial charge is 0.508 e. The molecule has 3 heteroatoms. The van der Waals surface area contributed by atoms with E-state index in [9.17, 15) is 5.11 Å². The molecular weight excluding hydrogens is 286 g/mol. The lowest BCUT2D eigenvalue weighted by atomic mass is 9.72. The second-order valence-corrected chi connectivity index (χ2v) is 7.01. The second-order valence-electron chi connectivity index (χ2n) is 7.01. The number of aromatic hydroxyl groups is 1. The molecule has 1 atom stereocenters. The van der Waals surface area contributed by atoms with Gasteiger partial charge in [-0.25, -0.2) is 0 Å². The Morgan fingerprint density at radius 1 is 1.04 bits per heavy atom. The fourth-order valence-electron chi connectivity index (χ4n) is 3.33. The molecule has 0 saturated carbocycles. The normalized spacial score (nSPS) is 13.2. The molecule has 120 valence electrons. The van der Waals surface area contributed by atoms with E-state index < -0.39 is 0 Å². The molecule has 1 heterocycles. The molecular formula is C20H23NO2. The molecule has 0 aliphatic rings. The van der Waals surface area contributed by atoms with E-state index in [1.807, 2.05) is 24.3 Å². The van der Waals surface area contributed by atoms with E-state index in [0.717, 1.165) is 11.1 Å². The smallest absolute Gasteiger partial charge is 0.123 e. The number of hydrogen-bond donors (Lipinski definition) is 2. The molecule has 23 heavy (non-hydrogen) atoms. The Balaban J connectivity index is 2.20. The van der Waals surface area contributed by atoms with Crippen LogP contribution in [0.5, 0.6) is 11.5 Å². The molecule has 3 rings (SSSR count). The molecule has 0 saturated heterocycles. The highest BCUT2D eigenvalue weighted by atomic mass is 16.5. The van der Waals surface area contributed by atoms with Crippen LogP contribution in [0, 0.1) is 5.41 Å². The average Bonchev–Trinajstić information content (AvgIpc) is 2.92. The molecule has 2 aromatic carbocycles. The second kappa shape index (κ2) is 5.65. The van der Waals surface area contributed by atoms with Crippen LogP contribution >= 0.6 is 0 Å². The van der Waals surface area contributed by atoms with Gasteiger partial charge >= 0.3 is 0 Å². The summed E-state index contributed by atoms with van der Waals surface area (Å²) in [4.78, 5) is 3.35. The summed E-state index contributed by atoms with van der Waals surface area (Å²) >= 11 is 0. The van der Waals surface area contributed by atoms with Crippen molar-refractivity contribution in [2.45, 2.75) is 26.7 Å². The Morgan fingerprint density at radius 2 is 1.78 bits per heavy atom. The summed E-state index contributed by atoms with van der Waals surface area (Å²) in [5.74, 6) is 1.01. The van der Waals surface area contributed by atoms with E-state index in [1.165, 1.54) is 10.9 Å². The number of nitrogens with one attached hydrogen (secondary N) is 1. The minimum atomic E-state index is -0.0446. The zero-order valence-electron chi connectivity index (χ0n) is 14.1. The number of rotatable bonds is 3. The number of hydrogen-bond acceptors (Lipinski definition) is 2. The highest BCUT2D eigenvalue weighted by Gasteiger charge is 2.31. The molecule has 3 nitrogen and oxygen atoms in total. The lowest BCUT2D eigenvalue weighted by Gasteiger charge is -2.32. The highest BCUT2D eigenvalue weighted by Crippen LogP contribution is 2.46. The molecule has 0 aliphatic carbocycles. The number of phenols is 1. The van der Waals surface area contributed by atoms with E-state index in [2.05, 4.69) is 44.1 Å². The Hall–Kier alpha value is -2.42. The summed E-state index contributed by atoms with van der Waals surface area (Å²) in [6.45, 7) is 6.59. The first-order valence-corrected chi connectivity index (χ1v) is 7.84. The van der Waals surface area contributed by atoms with Gasteiger partial charge in [-0.2, -0.15) is 0 Å². The maximum Gasteiger partial charge on any atom is 0.123 e. The van der Waals surface area contributed by atoms with Crippen molar-refractivity contribution in [1.29, 1.82) is 0 Å². The van der Waals surface area contributed by atoms with Crippen LogP contribution in [0.25, 0.3) is 10.9 Å². The number of aromatic amines is 1. The van der Waals surface area contributed by atoms with Gasteiger partial charge in [0.25, 0.3) is 0 Å². The lowest BCUT2D eigenvalue weighted by molar-refractivity contribution is 0.347. The van der Waals surface area contributed by atoms with Gasteiger partial charge in [0.2, 0.25) is 0 Å². The van der Waals surface area contributed by atoms with Crippen molar-refractivity contribution in [3.05, 3.63) is 59.8 Å². The van der Waals surface area contributed by atoms with E-state index in [4.69, 9.17) is 4.74 Å². The van der Waals surface area contributed by atoms with Gasteiger partial charge in [-0.05, 0) is 23.1 Å². The van der Waals surface area contributed by atoms with Crippen molar-refractivity contribution in [3.8, 4) is 11.5 Å². The van der Waals surface area contributed by atoms with Crippen molar-refractivity contribution >= 4 is 10.9 Å². The molecule has 0 bridgehead atoms. The van der Waals surface area contributed by atoms with Crippen LogP contribution in [0.3, 0.4) is 0 Å². The summed E-state index contributed by atoms with van der Waals surface area (Å²) in [7, 11) is 1.61. The number of benzene rings is 2. The first kappa shape index (κ1) is 15.5. The maximum absolute atomic E-state index is 10.5. The number of methoxy groups -OCH3 is 1. The van der Waals surface area contributed by atoms with Gasteiger partial charge < -0.3 is 14.8 Å². The molecule has 0 aliphatic heterocycles. The molecule has 3 aromatic rings. The number of H-pyrrole nitrogens is 1. The minimum absolute atomic E-state index is 0.0446. The van der Waals surface area contributed by atoms with E-state index >= 15 is 0 Å². The summed E-state index contributed by atoms with van der Waals surface area (Å²) in [6.07, 6.45) is 2.06. The van der Waals surface area contributed by atoms with Gasteiger partial charge in [-0.15, -0.1) is 0 Å².